The van der Waals surface area contributed by atoms with Gasteiger partial charge in [0.25, 0.3) is 11.8 Å². The fourth-order valence-corrected chi connectivity index (χ4v) is 3.79. The summed E-state index contributed by atoms with van der Waals surface area (Å²) in [5, 5.41) is 9.87. The molecule has 1 saturated carbocycles. The highest BCUT2D eigenvalue weighted by Gasteiger charge is 2.55. The second-order valence-electron chi connectivity index (χ2n) is 7.49. The Morgan fingerprint density at radius 2 is 1.96 bits per heavy atom. The normalized spacial score (nSPS) is 23.8. The predicted octanol–water partition coefficient (Wildman–Crippen LogP) is 1.67. The van der Waals surface area contributed by atoms with Crippen molar-refractivity contribution in [1.82, 2.24) is 20.4 Å². The Hall–Kier alpha value is -2.74. The quantitative estimate of drug-likeness (QED) is 0.819. The zero-order valence-corrected chi connectivity index (χ0v) is 16.0. The number of hydrogen-bond acceptors (Lipinski definition) is 4. The van der Waals surface area contributed by atoms with E-state index in [0.717, 1.165) is 0 Å². The number of aromatic nitrogens is 2. The molecule has 7 nitrogen and oxygen atoms in total. The van der Waals surface area contributed by atoms with Crippen LogP contribution < -0.4 is 10.6 Å². The molecule has 0 bridgehead atoms. The summed E-state index contributed by atoms with van der Waals surface area (Å²) in [4.78, 5) is 25.0. The summed E-state index contributed by atoms with van der Waals surface area (Å²) < 4.78 is 20.9. The largest absolute Gasteiger partial charge is 0.381 e. The van der Waals surface area contributed by atoms with Crippen LogP contribution in [0.4, 0.5) is 4.39 Å². The minimum Gasteiger partial charge on any atom is -0.381 e. The fraction of sp³-hybridized carbons (Fsp3) is 0.450. The number of aryl methyl sites for hydroxylation is 1. The number of fused-ring (bicyclic) bond motifs is 1. The molecule has 2 amide bonds. The highest BCUT2D eigenvalue weighted by molar-refractivity contribution is 5.98. The molecule has 0 spiro atoms. The number of nitrogens with zero attached hydrogens (tertiary/aromatic N) is 2. The topological polar surface area (TPSA) is 85.3 Å². The van der Waals surface area contributed by atoms with Gasteiger partial charge in [-0.25, -0.2) is 4.39 Å². The third kappa shape index (κ3) is 3.17. The van der Waals surface area contributed by atoms with Gasteiger partial charge in [0, 0.05) is 31.0 Å². The van der Waals surface area contributed by atoms with Crippen LogP contribution in [0.3, 0.4) is 0 Å². The molecule has 2 fully saturated rings. The summed E-state index contributed by atoms with van der Waals surface area (Å²) in [6, 6.07) is 6.08. The average molecular weight is 386 g/mol. The van der Waals surface area contributed by atoms with E-state index in [4.69, 9.17) is 4.74 Å². The lowest BCUT2D eigenvalue weighted by Crippen LogP contribution is -2.32. The molecule has 2 aliphatic rings. The van der Waals surface area contributed by atoms with Crippen molar-refractivity contribution in [2.24, 2.45) is 11.8 Å². The third-order valence-corrected chi connectivity index (χ3v) is 5.72. The number of carbonyl (C=O) groups is 2. The first kappa shape index (κ1) is 18.6. The van der Waals surface area contributed by atoms with E-state index in [-0.39, 0.29) is 35.1 Å². The van der Waals surface area contributed by atoms with Gasteiger partial charge in [-0.05, 0) is 31.0 Å². The number of carbonyl (C=O) groups excluding carboxylic acids is 2. The van der Waals surface area contributed by atoms with Gasteiger partial charge in [0.15, 0.2) is 5.69 Å². The Labute approximate surface area is 162 Å². The number of rotatable bonds is 5. The lowest BCUT2D eigenvalue weighted by atomic mass is 10.1. The van der Waals surface area contributed by atoms with E-state index in [0.29, 0.717) is 36.2 Å². The first-order chi connectivity index (χ1) is 13.4. The number of benzene rings is 1. The minimum absolute atomic E-state index is 0.0974. The van der Waals surface area contributed by atoms with Crippen LogP contribution in [0.25, 0.3) is 0 Å². The van der Waals surface area contributed by atoms with E-state index in [2.05, 4.69) is 15.7 Å². The number of halogens is 1. The van der Waals surface area contributed by atoms with Crippen molar-refractivity contribution >= 4 is 11.8 Å². The van der Waals surface area contributed by atoms with Crippen molar-refractivity contribution in [3.63, 3.8) is 0 Å². The maximum absolute atomic E-state index is 14.0. The maximum Gasteiger partial charge on any atom is 0.271 e. The molecule has 0 radical (unpaired) electrons. The lowest BCUT2D eigenvalue weighted by molar-refractivity contribution is 0.0915. The van der Waals surface area contributed by atoms with Crippen molar-refractivity contribution in [1.29, 1.82) is 0 Å². The molecule has 1 unspecified atom stereocenters. The smallest absolute Gasteiger partial charge is 0.271 e. The van der Waals surface area contributed by atoms with Crippen molar-refractivity contribution in [2.45, 2.75) is 25.9 Å². The Bertz CT molecular complexity index is 932. The van der Waals surface area contributed by atoms with Gasteiger partial charge in [0.2, 0.25) is 0 Å². The molecular formula is C20H23FN4O3. The van der Waals surface area contributed by atoms with E-state index in [1.54, 1.807) is 19.1 Å². The molecule has 2 aromatic rings. The van der Waals surface area contributed by atoms with Crippen molar-refractivity contribution in [3.05, 3.63) is 52.6 Å². The van der Waals surface area contributed by atoms with Crippen LogP contribution in [0.1, 0.15) is 45.1 Å². The molecular weight excluding hydrogens is 363 g/mol. The van der Waals surface area contributed by atoms with Crippen LogP contribution >= 0.6 is 0 Å². The van der Waals surface area contributed by atoms with Crippen LogP contribution in [0.15, 0.2) is 24.3 Å². The molecule has 8 heteroatoms. The van der Waals surface area contributed by atoms with Crippen LogP contribution in [-0.2, 0) is 4.74 Å². The average Bonchev–Trinajstić information content (AvgIpc) is 3.10. The molecule has 1 saturated heterocycles. The van der Waals surface area contributed by atoms with Gasteiger partial charge in [-0.15, -0.1) is 0 Å². The monoisotopic (exact) mass is 386 g/mol. The Morgan fingerprint density at radius 3 is 2.61 bits per heavy atom. The highest BCUT2D eigenvalue weighted by atomic mass is 19.1. The van der Waals surface area contributed by atoms with Gasteiger partial charge in [0.05, 0.1) is 19.3 Å². The fourth-order valence-electron chi connectivity index (χ4n) is 3.79. The maximum atomic E-state index is 14.0. The molecule has 1 aliphatic carbocycles. The molecule has 1 aromatic carbocycles. The molecule has 2 heterocycles. The van der Waals surface area contributed by atoms with Gasteiger partial charge in [-0.2, -0.15) is 5.10 Å². The molecule has 4 rings (SSSR count). The number of hydrogen-bond donors (Lipinski definition) is 2. The molecule has 28 heavy (non-hydrogen) atoms. The second-order valence-corrected chi connectivity index (χ2v) is 7.49. The zero-order chi connectivity index (χ0) is 20.0. The molecule has 1 aliphatic heterocycles. The SMILES string of the molecule is CNC(=O)c1cc(C(=O)NC2[C@H]3COC[C@@H]23)n([C@H](C)c2ccc(C)c(F)c2)n1. The van der Waals surface area contributed by atoms with Gasteiger partial charge in [0.1, 0.15) is 11.5 Å². The van der Waals surface area contributed by atoms with Crippen LogP contribution in [0.5, 0.6) is 0 Å². The summed E-state index contributed by atoms with van der Waals surface area (Å²) in [6.07, 6.45) is 0. The third-order valence-electron chi connectivity index (χ3n) is 5.72. The predicted molar refractivity (Wildman–Crippen MR) is 99.6 cm³/mol. The van der Waals surface area contributed by atoms with Gasteiger partial charge in [-0.1, -0.05) is 12.1 Å². The van der Waals surface area contributed by atoms with Gasteiger partial charge >= 0.3 is 0 Å². The van der Waals surface area contributed by atoms with Crippen LogP contribution in [0, 0.1) is 24.6 Å². The van der Waals surface area contributed by atoms with E-state index in [9.17, 15) is 14.0 Å². The Balaban J connectivity index is 1.64. The molecule has 148 valence electrons. The van der Waals surface area contributed by atoms with Crippen molar-refractivity contribution in [2.75, 3.05) is 20.3 Å². The molecule has 1 aromatic heterocycles. The molecule has 2 N–H and O–H groups in total. The summed E-state index contributed by atoms with van der Waals surface area (Å²) in [6.45, 7) is 4.84. The summed E-state index contributed by atoms with van der Waals surface area (Å²) in [5.74, 6) is -0.266. The van der Waals surface area contributed by atoms with Crippen LogP contribution in [0.2, 0.25) is 0 Å². The van der Waals surface area contributed by atoms with E-state index < -0.39 is 6.04 Å². The van der Waals surface area contributed by atoms with E-state index in [1.165, 1.54) is 23.9 Å². The Morgan fingerprint density at radius 1 is 1.25 bits per heavy atom. The standard InChI is InChI=1S/C20H23FN4O3/c1-10-4-5-12(6-15(10)21)11(2)25-17(7-16(24-25)19(26)22-3)20(27)23-18-13-8-28-9-14(13)18/h4-7,11,13-14,18H,8-9H2,1-3H3,(H,22,26)(H,23,27)/t11-,13-,14+,18?/m1/s1. The van der Waals surface area contributed by atoms with Crippen molar-refractivity contribution < 1.29 is 18.7 Å². The van der Waals surface area contributed by atoms with E-state index >= 15 is 0 Å². The minimum atomic E-state index is -0.420. The van der Waals surface area contributed by atoms with Crippen LogP contribution in [-0.4, -0.2) is 47.9 Å². The number of nitrogens with one attached hydrogen (secondary N) is 2. The van der Waals surface area contributed by atoms with E-state index in [1.807, 2.05) is 6.92 Å². The Kier molecular flexibility index (Phi) is 4.66. The van der Waals surface area contributed by atoms with Crippen molar-refractivity contribution in [3.8, 4) is 0 Å². The summed E-state index contributed by atoms with van der Waals surface area (Å²) >= 11 is 0. The van der Waals surface area contributed by atoms with Gasteiger partial charge in [-0.3, -0.25) is 14.3 Å². The zero-order valence-electron chi connectivity index (χ0n) is 16.0. The first-order valence-corrected chi connectivity index (χ1v) is 9.37. The lowest BCUT2D eigenvalue weighted by Gasteiger charge is -2.17. The van der Waals surface area contributed by atoms with Gasteiger partial charge < -0.3 is 15.4 Å². The number of ether oxygens (including phenoxy) is 1. The number of amides is 2. The highest BCUT2D eigenvalue weighted by Crippen LogP contribution is 2.44. The first-order valence-electron chi connectivity index (χ1n) is 9.37. The second kappa shape index (κ2) is 7.01. The summed E-state index contributed by atoms with van der Waals surface area (Å²) in [5.41, 5.74) is 1.63. The summed E-state index contributed by atoms with van der Waals surface area (Å²) in [7, 11) is 1.51. The molecule has 4 atom stereocenters.